The molecule has 10 heteroatoms. The van der Waals surface area contributed by atoms with Gasteiger partial charge < -0.3 is 14.6 Å². The van der Waals surface area contributed by atoms with Gasteiger partial charge >= 0.3 is 0 Å². The molecule has 2 aromatic carbocycles. The van der Waals surface area contributed by atoms with Gasteiger partial charge in [0.2, 0.25) is 5.91 Å². The fourth-order valence-electron chi connectivity index (χ4n) is 2.55. The maximum atomic E-state index is 12.9. The van der Waals surface area contributed by atoms with Crippen molar-refractivity contribution in [3.05, 3.63) is 64.2 Å². The molecule has 0 aliphatic rings. The van der Waals surface area contributed by atoms with Gasteiger partial charge in [-0.3, -0.25) is 4.79 Å². The molecule has 30 heavy (non-hydrogen) atoms. The summed E-state index contributed by atoms with van der Waals surface area (Å²) in [7, 11) is 1.85. The van der Waals surface area contributed by atoms with Gasteiger partial charge in [-0.25, -0.2) is 4.39 Å². The second-order valence-corrected chi connectivity index (χ2v) is 8.11. The van der Waals surface area contributed by atoms with Gasteiger partial charge in [0.25, 0.3) is 0 Å². The van der Waals surface area contributed by atoms with Crippen molar-refractivity contribution in [2.75, 3.05) is 17.7 Å². The standard InChI is InChI=1S/C20H19Cl2FN4O2S/c1-27-18(3-2-10-29-17-9-4-13(21)11-16(17)22)25-26-20(27)30-12-19(28)24-15-7-5-14(23)6-8-15/h4-9,11H,2-3,10,12H2,1H3,(H,24,28). The highest BCUT2D eigenvalue weighted by Gasteiger charge is 2.12. The number of aromatic nitrogens is 3. The number of thioether (sulfide) groups is 1. The summed E-state index contributed by atoms with van der Waals surface area (Å²) >= 11 is 13.2. The molecule has 0 bridgehead atoms. The van der Waals surface area contributed by atoms with Crippen molar-refractivity contribution in [3.8, 4) is 5.75 Å². The van der Waals surface area contributed by atoms with Crippen molar-refractivity contribution in [1.29, 1.82) is 0 Å². The van der Waals surface area contributed by atoms with Gasteiger partial charge in [0.1, 0.15) is 17.4 Å². The molecule has 6 nitrogen and oxygen atoms in total. The Hall–Kier alpha value is -2.29. The third-order valence-corrected chi connectivity index (χ3v) is 5.63. The molecule has 1 N–H and O–H groups in total. The molecule has 0 atom stereocenters. The summed E-state index contributed by atoms with van der Waals surface area (Å²) in [5, 5.41) is 12.7. The second-order valence-electron chi connectivity index (χ2n) is 6.33. The zero-order valence-electron chi connectivity index (χ0n) is 16.1. The maximum absolute atomic E-state index is 12.9. The van der Waals surface area contributed by atoms with Crippen LogP contribution in [0.15, 0.2) is 47.6 Å². The predicted molar refractivity (Wildman–Crippen MR) is 117 cm³/mol. The first-order chi connectivity index (χ1) is 14.4. The maximum Gasteiger partial charge on any atom is 0.234 e. The zero-order chi connectivity index (χ0) is 21.5. The number of anilines is 1. The molecule has 0 saturated heterocycles. The van der Waals surface area contributed by atoms with Crippen molar-refractivity contribution in [2.24, 2.45) is 7.05 Å². The van der Waals surface area contributed by atoms with E-state index in [4.69, 9.17) is 27.9 Å². The SMILES string of the molecule is Cn1c(CCCOc2ccc(Cl)cc2Cl)nnc1SCC(=O)Nc1ccc(F)cc1. The average Bonchev–Trinajstić information content (AvgIpc) is 3.06. The van der Waals surface area contributed by atoms with Crippen molar-refractivity contribution >= 4 is 46.6 Å². The lowest BCUT2D eigenvalue weighted by molar-refractivity contribution is -0.113. The molecule has 1 heterocycles. The number of aryl methyl sites for hydroxylation is 1. The van der Waals surface area contributed by atoms with Crippen LogP contribution >= 0.6 is 35.0 Å². The zero-order valence-corrected chi connectivity index (χ0v) is 18.4. The summed E-state index contributed by atoms with van der Waals surface area (Å²) in [5.74, 6) is 0.992. The van der Waals surface area contributed by atoms with Crippen LogP contribution in [0.4, 0.5) is 10.1 Å². The first-order valence-electron chi connectivity index (χ1n) is 9.06. The lowest BCUT2D eigenvalue weighted by Gasteiger charge is -2.08. The summed E-state index contributed by atoms with van der Waals surface area (Å²) in [5.41, 5.74) is 0.543. The van der Waals surface area contributed by atoms with E-state index in [9.17, 15) is 9.18 Å². The Kier molecular flexibility index (Phi) is 7.95. The van der Waals surface area contributed by atoms with E-state index in [-0.39, 0.29) is 17.5 Å². The van der Waals surface area contributed by atoms with E-state index in [0.717, 1.165) is 12.2 Å². The molecular weight excluding hydrogens is 450 g/mol. The molecule has 3 rings (SSSR count). The molecule has 3 aromatic rings. The summed E-state index contributed by atoms with van der Waals surface area (Å²) in [6.07, 6.45) is 1.39. The van der Waals surface area contributed by atoms with Crippen LogP contribution in [-0.2, 0) is 18.3 Å². The molecule has 0 fully saturated rings. The van der Waals surface area contributed by atoms with Crippen molar-refractivity contribution < 1.29 is 13.9 Å². The van der Waals surface area contributed by atoms with Crippen molar-refractivity contribution in [3.63, 3.8) is 0 Å². The van der Waals surface area contributed by atoms with E-state index >= 15 is 0 Å². The molecule has 0 spiro atoms. The van der Waals surface area contributed by atoms with Gasteiger partial charge in [0.05, 0.1) is 17.4 Å². The highest BCUT2D eigenvalue weighted by molar-refractivity contribution is 7.99. The van der Waals surface area contributed by atoms with Crippen LogP contribution in [0.2, 0.25) is 10.0 Å². The Bertz CT molecular complexity index is 1010. The van der Waals surface area contributed by atoms with Crippen LogP contribution in [0.5, 0.6) is 5.75 Å². The molecule has 0 aliphatic heterocycles. The van der Waals surface area contributed by atoms with Gasteiger partial charge in [0, 0.05) is 24.2 Å². The normalized spacial score (nSPS) is 10.8. The Morgan fingerprint density at radius 2 is 1.97 bits per heavy atom. The summed E-state index contributed by atoms with van der Waals surface area (Å²) in [4.78, 5) is 12.1. The topological polar surface area (TPSA) is 69.0 Å². The van der Waals surface area contributed by atoms with Crippen molar-refractivity contribution in [2.45, 2.75) is 18.0 Å². The highest BCUT2D eigenvalue weighted by Crippen LogP contribution is 2.27. The van der Waals surface area contributed by atoms with Gasteiger partial charge in [-0.2, -0.15) is 0 Å². The lowest BCUT2D eigenvalue weighted by atomic mass is 10.3. The molecule has 0 saturated carbocycles. The van der Waals surface area contributed by atoms with Crippen LogP contribution in [0.3, 0.4) is 0 Å². The Morgan fingerprint density at radius 1 is 1.20 bits per heavy atom. The molecule has 0 radical (unpaired) electrons. The number of hydrogen-bond acceptors (Lipinski definition) is 5. The number of ether oxygens (including phenoxy) is 1. The largest absolute Gasteiger partial charge is 0.492 e. The molecule has 1 aromatic heterocycles. The van der Waals surface area contributed by atoms with E-state index in [0.29, 0.717) is 39.7 Å². The fourth-order valence-corrected chi connectivity index (χ4v) is 3.75. The fraction of sp³-hybridized carbons (Fsp3) is 0.250. The Morgan fingerprint density at radius 3 is 2.70 bits per heavy atom. The number of nitrogens with one attached hydrogen (secondary N) is 1. The minimum absolute atomic E-state index is 0.168. The summed E-state index contributed by atoms with van der Waals surface area (Å²) in [6.45, 7) is 0.469. The number of carbonyl (C=O) groups is 1. The number of carbonyl (C=O) groups excluding carboxylic acids is 1. The molecule has 1 amide bonds. The van der Waals surface area contributed by atoms with Gasteiger partial charge in [-0.05, 0) is 48.9 Å². The number of halogens is 3. The van der Waals surface area contributed by atoms with E-state index in [1.165, 1.54) is 36.0 Å². The van der Waals surface area contributed by atoms with Gasteiger partial charge in [-0.1, -0.05) is 35.0 Å². The Balaban J connectivity index is 1.43. The van der Waals surface area contributed by atoms with Crippen LogP contribution in [-0.4, -0.2) is 33.0 Å². The first-order valence-corrected chi connectivity index (χ1v) is 10.8. The quantitative estimate of drug-likeness (QED) is 0.353. The second kappa shape index (κ2) is 10.7. The first kappa shape index (κ1) is 22.4. The summed E-state index contributed by atoms with van der Waals surface area (Å²) < 4.78 is 20.4. The summed E-state index contributed by atoms with van der Waals surface area (Å²) in [6, 6.07) is 10.7. The minimum atomic E-state index is -0.351. The van der Waals surface area contributed by atoms with Crippen LogP contribution in [0, 0.1) is 5.82 Å². The van der Waals surface area contributed by atoms with E-state index in [2.05, 4.69) is 15.5 Å². The minimum Gasteiger partial charge on any atom is -0.492 e. The van der Waals surface area contributed by atoms with E-state index in [1.54, 1.807) is 18.2 Å². The van der Waals surface area contributed by atoms with Gasteiger partial charge in [-0.15, -0.1) is 10.2 Å². The highest BCUT2D eigenvalue weighted by atomic mass is 35.5. The molecule has 0 unspecified atom stereocenters. The van der Waals surface area contributed by atoms with Crippen LogP contribution in [0.25, 0.3) is 0 Å². The smallest absolute Gasteiger partial charge is 0.234 e. The van der Waals surface area contributed by atoms with Crippen molar-refractivity contribution in [1.82, 2.24) is 14.8 Å². The number of hydrogen-bond donors (Lipinski definition) is 1. The number of rotatable bonds is 9. The molecule has 0 aliphatic carbocycles. The third kappa shape index (κ3) is 6.35. The number of amides is 1. The lowest BCUT2D eigenvalue weighted by Crippen LogP contribution is -2.14. The van der Waals surface area contributed by atoms with E-state index < -0.39 is 0 Å². The van der Waals surface area contributed by atoms with Crippen LogP contribution in [0.1, 0.15) is 12.2 Å². The molecular formula is C20H19Cl2FN4O2S. The monoisotopic (exact) mass is 468 g/mol. The Labute approximate surface area is 187 Å². The average molecular weight is 469 g/mol. The van der Waals surface area contributed by atoms with Crippen LogP contribution < -0.4 is 10.1 Å². The third-order valence-electron chi connectivity index (χ3n) is 4.08. The van der Waals surface area contributed by atoms with E-state index in [1.807, 2.05) is 11.6 Å². The number of nitrogens with zero attached hydrogens (tertiary/aromatic N) is 3. The molecule has 158 valence electrons. The number of benzene rings is 2. The van der Waals surface area contributed by atoms with Gasteiger partial charge in [0.15, 0.2) is 5.16 Å². The predicted octanol–water partition coefficient (Wildman–Crippen LogP) is 5.00.